The van der Waals surface area contributed by atoms with Crippen LogP contribution in [0.5, 0.6) is 0 Å². The summed E-state index contributed by atoms with van der Waals surface area (Å²) in [4.78, 5) is 0. The molecule has 2 N–H and O–H groups in total. The van der Waals surface area contributed by atoms with Crippen molar-refractivity contribution in [1.82, 2.24) is 0 Å². The molecule has 2 aliphatic rings. The zero-order valence-electron chi connectivity index (χ0n) is 10.8. The van der Waals surface area contributed by atoms with Gasteiger partial charge in [0, 0.05) is 0 Å². The molecule has 0 aromatic rings. The minimum atomic E-state index is -0.344. The maximum atomic E-state index is 9.15. The second-order valence-corrected chi connectivity index (χ2v) is 5.17. The number of rotatable bonds is 0. The lowest BCUT2D eigenvalue weighted by Gasteiger charge is -2.20. The van der Waals surface area contributed by atoms with Crippen molar-refractivity contribution in [2.75, 3.05) is 0 Å². The van der Waals surface area contributed by atoms with Crippen molar-refractivity contribution in [2.45, 2.75) is 63.6 Å². The molecule has 4 atom stereocenters. The van der Waals surface area contributed by atoms with Crippen molar-refractivity contribution < 1.29 is 10.2 Å². The lowest BCUT2D eigenvalue weighted by Crippen LogP contribution is -2.22. The first kappa shape index (κ1) is 15.0. The zero-order chi connectivity index (χ0) is 13.4. The highest BCUT2D eigenvalue weighted by molar-refractivity contribution is 4.91. The Bertz CT molecular complexity index is 287. The fourth-order valence-corrected chi connectivity index (χ4v) is 2.52. The summed E-state index contributed by atoms with van der Waals surface area (Å²) >= 11 is 0. The molecule has 0 heterocycles. The van der Waals surface area contributed by atoms with Crippen molar-refractivity contribution >= 4 is 0 Å². The molecule has 2 rings (SSSR count). The van der Waals surface area contributed by atoms with Crippen molar-refractivity contribution in [3.8, 4) is 12.1 Å². The molecule has 4 heteroatoms. The third-order valence-corrected chi connectivity index (χ3v) is 3.79. The third-order valence-electron chi connectivity index (χ3n) is 3.79. The van der Waals surface area contributed by atoms with Gasteiger partial charge in [-0.15, -0.1) is 0 Å². The van der Waals surface area contributed by atoms with Crippen LogP contribution < -0.4 is 0 Å². The van der Waals surface area contributed by atoms with Gasteiger partial charge in [0.25, 0.3) is 0 Å². The fraction of sp³-hybridized carbons (Fsp3) is 0.857. The molecule has 2 aliphatic carbocycles. The molecule has 0 spiro atoms. The Kier molecular flexibility index (Phi) is 6.72. The Hall–Kier alpha value is -1.10. The number of aliphatic hydroxyl groups excluding tert-OH is 2. The van der Waals surface area contributed by atoms with E-state index in [2.05, 4.69) is 12.1 Å². The summed E-state index contributed by atoms with van der Waals surface area (Å²) in [7, 11) is 0. The van der Waals surface area contributed by atoms with Gasteiger partial charge < -0.3 is 10.2 Å². The van der Waals surface area contributed by atoms with Crippen LogP contribution in [0.3, 0.4) is 0 Å². The van der Waals surface area contributed by atoms with Crippen molar-refractivity contribution in [1.29, 1.82) is 10.5 Å². The Balaban J connectivity index is 0.000000180. The summed E-state index contributed by atoms with van der Waals surface area (Å²) in [5.74, 6) is -0.169. The molecule has 2 fully saturated rings. The summed E-state index contributed by atoms with van der Waals surface area (Å²) in [5, 5.41) is 35.2. The molecule has 0 aromatic carbocycles. The lowest BCUT2D eigenvalue weighted by molar-refractivity contribution is 0.0958. The molecule has 0 unspecified atom stereocenters. The van der Waals surface area contributed by atoms with Crippen LogP contribution in [0.25, 0.3) is 0 Å². The summed E-state index contributed by atoms with van der Waals surface area (Å²) in [6.45, 7) is 0. The van der Waals surface area contributed by atoms with E-state index in [1.807, 2.05) is 0 Å². The van der Waals surface area contributed by atoms with Crippen molar-refractivity contribution in [3.05, 3.63) is 0 Å². The van der Waals surface area contributed by atoms with E-state index >= 15 is 0 Å². The predicted molar refractivity (Wildman–Crippen MR) is 67.2 cm³/mol. The number of hydrogen-bond donors (Lipinski definition) is 2. The SMILES string of the molecule is N#C[C@@H]1CCCC[C@H]1O.N#C[C@H]1CCCC[C@@H]1O. The van der Waals surface area contributed by atoms with Crippen molar-refractivity contribution in [3.63, 3.8) is 0 Å². The molecule has 4 nitrogen and oxygen atoms in total. The summed E-state index contributed by atoms with van der Waals surface area (Å²) in [5.41, 5.74) is 0. The summed E-state index contributed by atoms with van der Waals surface area (Å²) in [6.07, 6.45) is 7.10. The molecule has 0 radical (unpaired) electrons. The van der Waals surface area contributed by atoms with Gasteiger partial charge in [0.05, 0.1) is 36.2 Å². The van der Waals surface area contributed by atoms with Gasteiger partial charge in [-0.1, -0.05) is 25.7 Å². The molecule has 0 aliphatic heterocycles. The molecule has 0 aromatic heterocycles. The second-order valence-electron chi connectivity index (χ2n) is 5.17. The number of hydrogen-bond acceptors (Lipinski definition) is 4. The van der Waals surface area contributed by atoms with Crippen molar-refractivity contribution in [2.24, 2.45) is 11.8 Å². The van der Waals surface area contributed by atoms with E-state index in [4.69, 9.17) is 20.7 Å². The Morgan fingerprint density at radius 2 is 1.00 bits per heavy atom. The number of nitrogens with zero attached hydrogens (tertiary/aromatic N) is 2. The first-order valence-corrected chi connectivity index (χ1v) is 6.84. The maximum Gasteiger partial charge on any atom is 0.0722 e. The number of nitriles is 2. The van der Waals surface area contributed by atoms with Crippen LogP contribution in [0.4, 0.5) is 0 Å². The fourth-order valence-electron chi connectivity index (χ4n) is 2.52. The Morgan fingerprint density at radius 1 is 0.667 bits per heavy atom. The first-order chi connectivity index (χ1) is 8.69. The maximum absolute atomic E-state index is 9.15. The predicted octanol–water partition coefficient (Wildman–Crippen LogP) is 2.12. The van der Waals surface area contributed by atoms with E-state index < -0.39 is 0 Å². The standard InChI is InChI=1S/2C7H11NO/c2*8-5-6-3-1-2-4-7(6)9/h2*6-7,9H,1-4H2/t2*6-,7+/m10/s1. The third kappa shape index (κ3) is 4.64. The normalized spacial score (nSPS) is 35.6. The van der Waals surface area contributed by atoms with E-state index in [1.165, 1.54) is 0 Å². The van der Waals surface area contributed by atoms with E-state index in [-0.39, 0.29) is 24.0 Å². The lowest BCUT2D eigenvalue weighted by atomic mass is 9.88. The van der Waals surface area contributed by atoms with Gasteiger partial charge in [-0.3, -0.25) is 0 Å². The van der Waals surface area contributed by atoms with Gasteiger partial charge in [-0.2, -0.15) is 10.5 Å². The van der Waals surface area contributed by atoms with E-state index in [9.17, 15) is 0 Å². The molecule has 18 heavy (non-hydrogen) atoms. The van der Waals surface area contributed by atoms with E-state index in [0.29, 0.717) is 0 Å². The average molecular weight is 250 g/mol. The highest BCUT2D eigenvalue weighted by atomic mass is 16.3. The zero-order valence-corrected chi connectivity index (χ0v) is 10.8. The quantitative estimate of drug-likeness (QED) is 0.689. The van der Waals surface area contributed by atoms with Crippen LogP contribution in [0, 0.1) is 34.5 Å². The van der Waals surface area contributed by atoms with Gasteiger partial charge in [0.1, 0.15) is 0 Å². The van der Waals surface area contributed by atoms with Crippen LogP contribution >= 0.6 is 0 Å². The van der Waals surface area contributed by atoms with Gasteiger partial charge in [-0.25, -0.2) is 0 Å². The highest BCUT2D eigenvalue weighted by Gasteiger charge is 2.22. The molecule has 0 bridgehead atoms. The van der Waals surface area contributed by atoms with Gasteiger partial charge >= 0.3 is 0 Å². The van der Waals surface area contributed by atoms with Crippen LogP contribution in [0.1, 0.15) is 51.4 Å². The van der Waals surface area contributed by atoms with Crippen LogP contribution in [0.2, 0.25) is 0 Å². The highest BCUT2D eigenvalue weighted by Crippen LogP contribution is 2.23. The minimum Gasteiger partial charge on any atom is -0.392 e. The van der Waals surface area contributed by atoms with Crippen LogP contribution in [0.15, 0.2) is 0 Å². The summed E-state index contributed by atoms with van der Waals surface area (Å²) in [6, 6.07) is 4.21. The molecule has 2 saturated carbocycles. The first-order valence-electron chi connectivity index (χ1n) is 6.84. The Morgan fingerprint density at radius 3 is 1.22 bits per heavy atom. The largest absolute Gasteiger partial charge is 0.392 e. The number of aliphatic hydroxyl groups is 2. The van der Waals surface area contributed by atoms with Crippen LogP contribution in [-0.2, 0) is 0 Å². The van der Waals surface area contributed by atoms with E-state index in [1.54, 1.807) is 0 Å². The van der Waals surface area contributed by atoms with Gasteiger partial charge in [-0.05, 0) is 25.7 Å². The van der Waals surface area contributed by atoms with Crippen LogP contribution in [-0.4, -0.2) is 22.4 Å². The molecular formula is C14H22N2O2. The molecule has 100 valence electrons. The monoisotopic (exact) mass is 250 g/mol. The van der Waals surface area contributed by atoms with E-state index in [0.717, 1.165) is 51.4 Å². The van der Waals surface area contributed by atoms with Gasteiger partial charge in [0.2, 0.25) is 0 Å². The smallest absolute Gasteiger partial charge is 0.0722 e. The Labute approximate surface area is 109 Å². The summed E-state index contributed by atoms with van der Waals surface area (Å²) < 4.78 is 0. The second kappa shape index (κ2) is 8.08. The average Bonchev–Trinajstić information content (AvgIpc) is 2.41. The minimum absolute atomic E-state index is 0.0845. The molecule has 0 saturated heterocycles. The van der Waals surface area contributed by atoms with Gasteiger partial charge in [0.15, 0.2) is 0 Å². The topological polar surface area (TPSA) is 88.0 Å². The molecular weight excluding hydrogens is 228 g/mol. The molecule has 0 amide bonds.